The minimum atomic E-state index is -1.21. The first-order valence-electron chi connectivity index (χ1n) is 6.80. The lowest BCUT2D eigenvalue weighted by molar-refractivity contribution is -0.383. The molecule has 0 saturated carbocycles. The van der Waals surface area contributed by atoms with Crippen molar-refractivity contribution in [3.63, 3.8) is 0 Å². The summed E-state index contributed by atoms with van der Waals surface area (Å²) in [6, 6.07) is 5.76. The maximum atomic E-state index is 12.7. The Kier molecular flexibility index (Phi) is 3.74. The van der Waals surface area contributed by atoms with Gasteiger partial charge in [0.25, 0.3) is 11.2 Å². The lowest BCUT2D eigenvalue weighted by Crippen LogP contribution is -2.52. The second-order valence-electron chi connectivity index (χ2n) is 5.65. The van der Waals surface area contributed by atoms with Gasteiger partial charge in [0.2, 0.25) is 5.91 Å². The van der Waals surface area contributed by atoms with Gasteiger partial charge >= 0.3 is 0 Å². The number of benzene rings is 1. The van der Waals surface area contributed by atoms with Crippen molar-refractivity contribution < 1.29 is 9.72 Å². The van der Waals surface area contributed by atoms with Crippen LogP contribution >= 0.6 is 0 Å². The van der Waals surface area contributed by atoms with Crippen LogP contribution in [0.25, 0.3) is 10.8 Å². The predicted octanol–water partition coefficient (Wildman–Crippen LogP) is 1.77. The minimum absolute atomic E-state index is 0.146. The molecular weight excluding hydrogens is 286 g/mol. The first kappa shape index (κ1) is 15.7. The van der Waals surface area contributed by atoms with Gasteiger partial charge in [-0.1, -0.05) is 19.9 Å². The molecule has 1 heterocycles. The highest BCUT2D eigenvalue weighted by Gasteiger charge is 2.37. The van der Waals surface area contributed by atoms with Gasteiger partial charge in [-0.05, 0) is 25.0 Å². The number of hydrogen-bond acceptors (Lipinski definition) is 4. The quantitative estimate of drug-likeness (QED) is 0.685. The molecule has 0 fully saturated rings. The third-order valence-electron chi connectivity index (χ3n) is 4.24. The highest BCUT2D eigenvalue weighted by Crippen LogP contribution is 2.27. The number of hydrogen-bond donors (Lipinski definition) is 1. The lowest BCUT2D eigenvalue weighted by atomic mass is 9.87. The number of aromatic nitrogens is 1. The van der Waals surface area contributed by atoms with E-state index in [1.807, 2.05) is 0 Å². The number of nitro benzene ring substituents is 1. The van der Waals surface area contributed by atoms with Gasteiger partial charge in [-0.3, -0.25) is 24.3 Å². The zero-order chi connectivity index (χ0) is 16.7. The van der Waals surface area contributed by atoms with Crippen LogP contribution in [0.2, 0.25) is 0 Å². The Morgan fingerprint density at radius 3 is 2.45 bits per heavy atom. The molecular formula is C15H17N3O4. The van der Waals surface area contributed by atoms with Crippen molar-refractivity contribution in [2.45, 2.75) is 26.3 Å². The van der Waals surface area contributed by atoms with E-state index in [9.17, 15) is 19.7 Å². The molecule has 0 radical (unpaired) electrons. The summed E-state index contributed by atoms with van der Waals surface area (Å²) in [6.45, 7) is 5.16. The summed E-state index contributed by atoms with van der Waals surface area (Å²) in [6.07, 6.45) is 1.39. The largest absolute Gasteiger partial charge is 0.368 e. The summed E-state index contributed by atoms with van der Waals surface area (Å²) in [4.78, 5) is 35.1. The van der Waals surface area contributed by atoms with Crippen LogP contribution in [-0.4, -0.2) is 15.4 Å². The molecule has 22 heavy (non-hydrogen) atoms. The van der Waals surface area contributed by atoms with E-state index in [0.29, 0.717) is 0 Å². The molecule has 0 spiro atoms. The molecule has 1 aromatic heterocycles. The number of fused-ring (bicyclic) bond motifs is 1. The van der Waals surface area contributed by atoms with Crippen molar-refractivity contribution in [2.24, 2.45) is 11.7 Å². The summed E-state index contributed by atoms with van der Waals surface area (Å²) >= 11 is 0. The molecule has 1 amide bonds. The molecule has 116 valence electrons. The maximum Gasteiger partial charge on any atom is 0.277 e. The average Bonchev–Trinajstić information content (AvgIpc) is 2.45. The number of nitrogens with zero attached hydrogens (tertiary/aromatic N) is 2. The first-order valence-corrected chi connectivity index (χ1v) is 6.80. The zero-order valence-electron chi connectivity index (χ0n) is 12.6. The second kappa shape index (κ2) is 5.25. The van der Waals surface area contributed by atoms with E-state index in [0.717, 1.165) is 0 Å². The highest BCUT2D eigenvalue weighted by atomic mass is 16.6. The Hall–Kier alpha value is -2.70. The third kappa shape index (κ3) is 2.14. The summed E-state index contributed by atoms with van der Waals surface area (Å²) in [5.41, 5.74) is 3.65. The van der Waals surface area contributed by atoms with Crippen molar-refractivity contribution in [3.8, 4) is 0 Å². The molecule has 1 aromatic carbocycles. The predicted molar refractivity (Wildman–Crippen MR) is 82.5 cm³/mol. The zero-order valence-corrected chi connectivity index (χ0v) is 12.6. The molecule has 7 nitrogen and oxygen atoms in total. The normalized spacial score (nSPS) is 14.0. The van der Waals surface area contributed by atoms with Crippen molar-refractivity contribution >= 4 is 22.4 Å². The van der Waals surface area contributed by atoms with Crippen LogP contribution in [-0.2, 0) is 10.3 Å². The summed E-state index contributed by atoms with van der Waals surface area (Å²) in [7, 11) is 0. The van der Waals surface area contributed by atoms with Gasteiger partial charge < -0.3 is 5.73 Å². The summed E-state index contributed by atoms with van der Waals surface area (Å²) < 4.78 is 1.26. The first-order chi connectivity index (χ1) is 10.2. The standard InChI is InChI=1S/C15H17N3O4/c1-9(2)15(3,14(16)20)17-8-7-10-11(13(17)19)5-4-6-12(10)18(21)22/h4-9H,1-3H3,(H2,16,20). The number of nitrogens with two attached hydrogens (primary N) is 1. The van der Waals surface area contributed by atoms with Gasteiger partial charge in [-0.15, -0.1) is 0 Å². The average molecular weight is 303 g/mol. The van der Waals surface area contributed by atoms with Gasteiger partial charge in [0.1, 0.15) is 5.54 Å². The summed E-state index contributed by atoms with van der Waals surface area (Å²) in [5, 5.41) is 11.5. The van der Waals surface area contributed by atoms with Crippen LogP contribution in [0.3, 0.4) is 0 Å². The number of nitro groups is 1. The van der Waals surface area contributed by atoms with Crippen molar-refractivity contribution in [1.29, 1.82) is 0 Å². The van der Waals surface area contributed by atoms with E-state index < -0.39 is 21.9 Å². The number of pyridine rings is 1. The molecule has 7 heteroatoms. The molecule has 0 aliphatic carbocycles. The fourth-order valence-corrected chi connectivity index (χ4v) is 2.47. The van der Waals surface area contributed by atoms with E-state index in [-0.39, 0.29) is 22.4 Å². The Balaban J connectivity index is 2.85. The topological polar surface area (TPSA) is 108 Å². The Morgan fingerprint density at radius 2 is 1.95 bits per heavy atom. The van der Waals surface area contributed by atoms with Crippen LogP contribution in [0.4, 0.5) is 5.69 Å². The fourth-order valence-electron chi connectivity index (χ4n) is 2.47. The van der Waals surface area contributed by atoms with Gasteiger partial charge in [0, 0.05) is 12.3 Å². The van der Waals surface area contributed by atoms with E-state index in [2.05, 4.69) is 0 Å². The van der Waals surface area contributed by atoms with Gasteiger partial charge in [0.15, 0.2) is 0 Å². The highest BCUT2D eigenvalue weighted by molar-refractivity contribution is 5.90. The van der Waals surface area contributed by atoms with Crippen molar-refractivity contribution in [2.75, 3.05) is 0 Å². The molecule has 2 rings (SSSR count). The number of non-ortho nitro benzene ring substituents is 1. The van der Waals surface area contributed by atoms with E-state index >= 15 is 0 Å². The fraction of sp³-hybridized carbons (Fsp3) is 0.333. The van der Waals surface area contributed by atoms with Crippen LogP contribution in [0.1, 0.15) is 20.8 Å². The molecule has 1 unspecified atom stereocenters. The van der Waals surface area contributed by atoms with Crippen LogP contribution < -0.4 is 11.3 Å². The lowest BCUT2D eigenvalue weighted by Gasteiger charge is -2.32. The number of rotatable bonds is 4. The number of carbonyl (C=O) groups is 1. The third-order valence-corrected chi connectivity index (χ3v) is 4.24. The molecule has 0 aliphatic heterocycles. The molecule has 0 aliphatic rings. The molecule has 0 saturated heterocycles. The summed E-state index contributed by atoms with van der Waals surface area (Å²) in [5.74, 6) is -0.853. The number of amides is 1. The SMILES string of the molecule is CC(C)C(C)(C(N)=O)n1ccc2c([N+](=O)[O-])cccc2c1=O. The van der Waals surface area contributed by atoms with Crippen molar-refractivity contribution in [3.05, 3.63) is 50.9 Å². The van der Waals surface area contributed by atoms with Crippen LogP contribution in [0, 0.1) is 16.0 Å². The van der Waals surface area contributed by atoms with Gasteiger partial charge in [-0.25, -0.2) is 0 Å². The minimum Gasteiger partial charge on any atom is -0.368 e. The Labute approximate surface area is 126 Å². The van der Waals surface area contributed by atoms with E-state index in [4.69, 9.17) is 5.73 Å². The number of carbonyl (C=O) groups excluding carboxylic acids is 1. The number of primary amides is 1. The Bertz CT molecular complexity index is 825. The molecule has 2 aromatic rings. The van der Waals surface area contributed by atoms with Gasteiger partial charge in [-0.2, -0.15) is 0 Å². The molecule has 0 bridgehead atoms. The van der Waals surface area contributed by atoms with Crippen LogP contribution in [0.5, 0.6) is 0 Å². The smallest absolute Gasteiger partial charge is 0.277 e. The Morgan fingerprint density at radius 1 is 1.32 bits per heavy atom. The van der Waals surface area contributed by atoms with E-state index in [1.165, 1.54) is 35.0 Å². The van der Waals surface area contributed by atoms with Crippen molar-refractivity contribution in [1.82, 2.24) is 4.57 Å². The van der Waals surface area contributed by atoms with Crippen LogP contribution in [0.15, 0.2) is 35.3 Å². The monoisotopic (exact) mass is 303 g/mol. The molecule has 2 N–H and O–H groups in total. The van der Waals surface area contributed by atoms with Gasteiger partial charge in [0.05, 0.1) is 15.7 Å². The maximum absolute atomic E-state index is 12.7. The second-order valence-corrected chi connectivity index (χ2v) is 5.65. The molecule has 1 atom stereocenters. The van der Waals surface area contributed by atoms with E-state index in [1.54, 1.807) is 20.8 Å².